The monoisotopic (exact) mass is 438 g/mol. The second-order valence-corrected chi connectivity index (χ2v) is 8.04. The second kappa shape index (κ2) is 9.53. The Morgan fingerprint density at radius 2 is 1.91 bits per heavy atom. The van der Waals surface area contributed by atoms with Crippen LogP contribution in [0, 0.1) is 6.92 Å². The van der Waals surface area contributed by atoms with Gasteiger partial charge in [-0.05, 0) is 56.2 Å². The number of aliphatic hydroxyl groups is 1. The van der Waals surface area contributed by atoms with Crippen molar-refractivity contribution >= 4 is 16.8 Å². The van der Waals surface area contributed by atoms with Gasteiger partial charge in [0.2, 0.25) is 0 Å². The van der Waals surface area contributed by atoms with Crippen LogP contribution in [0.2, 0.25) is 0 Å². The average Bonchev–Trinajstić information content (AvgIpc) is 3.02. The number of rotatable bonds is 6. The summed E-state index contributed by atoms with van der Waals surface area (Å²) < 4.78 is 16.9. The smallest absolute Gasteiger partial charge is 0.270 e. The van der Waals surface area contributed by atoms with Crippen molar-refractivity contribution in [2.24, 2.45) is 0 Å². The zero-order valence-corrected chi connectivity index (χ0v) is 18.8. The molecule has 0 saturated carbocycles. The Hall–Kier alpha value is -3.19. The van der Waals surface area contributed by atoms with Crippen LogP contribution in [0.3, 0.4) is 0 Å². The number of carbonyl (C=O) groups excluding carboxylic acids is 1. The third-order valence-corrected chi connectivity index (χ3v) is 5.98. The standard InChI is InChI=1S/C25H30N2O5/c1-4-31-18-8-9-21-20(15-18)16(2)24(26-21)25(29)27-12-10-22(28)23(11-13-27)32-19-7-5-6-17(14-19)30-3/h5-9,14-15,22-23,26,28H,4,10-13H2,1-3H3/t22-,23-/m0/s1. The first kappa shape index (κ1) is 22.0. The minimum Gasteiger partial charge on any atom is -0.497 e. The van der Waals surface area contributed by atoms with Crippen LogP contribution in [-0.4, -0.2) is 59.9 Å². The number of hydrogen-bond donors (Lipinski definition) is 2. The fourth-order valence-electron chi connectivity index (χ4n) is 4.19. The van der Waals surface area contributed by atoms with E-state index in [9.17, 15) is 9.90 Å². The lowest BCUT2D eigenvalue weighted by atomic mass is 10.1. The molecular weight excluding hydrogens is 408 g/mol. The van der Waals surface area contributed by atoms with Crippen LogP contribution in [0.25, 0.3) is 10.9 Å². The molecule has 1 fully saturated rings. The van der Waals surface area contributed by atoms with Crippen LogP contribution in [-0.2, 0) is 0 Å². The molecule has 170 valence electrons. The van der Waals surface area contributed by atoms with Gasteiger partial charge in [0.15, 0.2) is 0 Å². The van der Waals surface area contributed by atoms with E-state index in [0.717, 1.165) is 22.2 Å². The van der Waals surface area contributed by atoms with E-state index in [4.69, 9.17) is 14.2 Å². The van der Waals surface area contributed by atoms with E-state index < -0.39 is 12.2 Å². The van der Waals surface area contributed by atoms with Gasteiger partial charge in [0.1, 0.15) is 29.0 Å². The van der Waals surface area contributed by atoms with Crippen molar-refractivity contribution in [1.82, 2.24) is 9.88 Å². The van der Waals surface area contributed by atoms with E-state index in [2.05, 4.69) is 4.98 Å². The lowest BCUT2D eigenvalue weighted by Gasteiger charge is -2.22. The van der Waals surface area contributed by atoms with Crippen LogP contribution in [0.5, 0.6) is 17.2 Å². The van der Waals surface area contributed by atoms with Crippen LogP contribution < -0.4 is 14.2 Å². The van der Waals surface area contributed by atoms with Crippen molar-refractivity contribution < 1.29 is 24.1 Å². The topological polar surface area (TPSA) is 84.0 Å². The zero-order valence-electron chi connectivity index (χ0n) is 18.8. The number of aromatic amines is 1. The van der Waals surface area contributed by atoms with Crippen LogP contribution in [0.4, 0.5) is 0 Å². The molecular formula is C25H30N2O5. The van der Waals surface area contributed by atoms with E-state index in [1.807, 2.05) is 50.2 Å². The number of amides is 1. The highest BCUT2D eigenvalue weighted by Gasteiger charge is 2.30. The molecule has 1 aliphatic heterocycles. The Balaban J connectivity index is 1.48. The summed E-state index contributed by atoms with van der Waals surface area (Å²) in [6.45, 7) is 5.46. The van der Waals surface area contributed by atoms with Crippen LogP contribution >= 0.6 is 0 Å². The number of carbonyl (C=O) groups is 1. The summed E-state index contributed by atoms with van der Waals surface area (Å²) in [6.07, 6.45) is -0.0551. The third kappa shape index (κ3) is 4.53. The molecule has 4 rings (SSSR count). The van der Waals surface area contributed by atoms with Gasteiger partial charge in [0, 0.05) is 36.5 Å². The molecule has 3 aromatic rings. The van der Waals surface area contributed by atoms with Gasteiger partial charge in [-0.25, -0.2) is 0 Å². The van der Waals surface area contributed by atoms with Crippen molar-refractivity contribution in [3.63, 3.8) is 0 Å². The van der Waals surface area contributed by atoms with Gasteiger partial charge >= 0.3 is 0 Å². The summed E-state index contributed by atoms with van der Waals surface area (Å²) in [5.74, 6) is 2.07. The van der Waals surface area contributed by atoms with Crippen molar-refractivity contribution in [3.05, 3.63) is 53.7 Å². The molecule has 32 heavy (non-hydrogen) atoms. The fraction of sp³-hybridized carbons (Fsp3) is 0.400. The normalized spacial score (nSPS) is 18.9. The van der Waals surface area contributed by atoms with E-state index >= 15 is 0 Å². The number of hydrogen-bond acceptors (Lipinski definition) is 5. The van der Waals surface area contributed by atoms with Crippen molar-refractivity contribution in [3.8, 4) is 17.2 Å². The Kier molecular flexibility index (Phi) is 6.55. The molecule has 0 spiro atoms. The summed E-state index contributed by atoms with van der Waals surface area (Å²) in [7, 11) is 1.60. The van der Waals surface area contributed by atoms with Crippen LogP contribution in [0.1, 0.15) is 35.8 Å². The molecule has 0 bridgehead atoms. The fourth-order valence-corrected chi connectivity index (χ4v) is 4.19. The Morgan fingerprint density at radius 1 is 1.12 bits per heavy atom. The third-order valence-electron chi connectivity index (χ3n) is 5.98. The van der Waals surface area contributed by atoms with E-state index in [1.54, 1.807) is 18.1 Å². The van der Waals surface area contributed by atoms with Gasteiger partial charge in [-0.3, -0.25) is 4.79 Å². The zero-order chi connectivity index (χ0) is 22.7. The molecule has 2 heterocycles. The maximum Gasteiger partial charge on any atom is 0.270 e. The molecule has 0 radical (unpaired) electrons. The molecule has 1 aromatic heterocycles. The highest BCUT2D eigenvalue weighted by Crippen LogP contribution is 2.28. The van der Waals surface area contributed by atoms with Gasteiger partial charge in [-0.2, -0.15) is 0 Å². The Bertz CT molecular complexity index is 1090. The predicted molar refractivity (Wildman–Crippen MR) is 123 cm³/mol. The molecule has 0 aliphatic carbocycles. The number of aryl methyl sites for hydroxylation is 1. The first-order valence-electron chi connectivity index (χ1n) is 11.0. The number of nitrogens with one attached hydrogen (secondary N) is 1. The number of nitrogens with zero attached hydrogens (tertiary/aromatic N) is 1. The van der Waals surface area contributed by atoms with Gasteiger partial charge in [-0.1, -0.05) is 6.07 Å². The van der Waals surface area contributed by atoms with E-state index in [1.165, 1.54) is 0 Å². The largest absolute Gasteiger partial charge is 0.497 e. The number of ether oxygens (including phenoxy) is 3. The summed E-state index contributed by atoms with van der Waals surface area (Å²) in [6, 6.07) is 13.1. The Morgan fingerprint density at radius 3 is 2.69 bits per heavy atom. The van der Waals surface area contributed by atoms with Gasteiger partial charge in [0.05, 0.1) is 19.8 Å². The van der Waals surface area contributed by atoms with Crippen molar-refractivity contribution in [1.29, 1.82) is 0 Å². The summed E-state index contributed by atoms with van der Waals surface area (Å²) >= 11 is 0. The maximum absolute atomic E-state index is 13.3. The quantitative estimate of drug-likeness (QED) is 0.609. The lowest BCUT2D eigenvalue weighted by Crippen LogP contribution is -2.33. The maximum atomic E-state index is 13.3. The highest BCUT2D eigenvalue weighted by atomic mass is 16.5. The molecule has 1 amide bonds. The molecule has 0 unspecified atom stereocenters. The van der Waals surface area contributed by atoms with Crippen LogP contribution in [0.15, 0.2) is 42.5 Å². The van der Waals surface area contributed by atoms with E-state index in [-0.39, 0.29) is 5.91 Å². The van der Waals surface area contributed by atoms with Crippen molar-refractivity contribution in [2.75, 3.05) is 26.8 Å². The first-order valence-corrected chi connectivity index (χ1v) is 11.0. The number of benzene rings is 2. The number of aromatic nitrogens is 1. The SMILES string of the molecule is CCOc1ccc2[nH]c(C(=O)N3CC[C@H](Oc4cccc(OC)c4)[C@@H](O)CC3)c(C)c2c1. The predicted octanol–water partition coefficient (Wildman–Crippen LogP) is 3.93. The van der Waals surface area contributed by atoms with Gasteiger partial charge in [0.25, 0.3) is 5.91 Å². The average molecular weight is 439 g/mol. The molecule has 1 aliphatic rings. The number of aliphatic hydroxyl groups excluding tert-OH is 1. The molecule has 1 saturated heterocycles. The summed E-state index contributed by atoms with van der Waals surface area (Å²) in [5.41, 5.74) is 2.39. The number of methoxy groups -OCH3 is 1. The Labute approximate surface area is 187 Å². The first-order chi connectivity index (χ1) is 15.5. The molecule has 2 atom stereocenters. The lowest BCUT2D eigenvalue weighted by molar-refractivity contribution is 0.0349. The molecule has 7 nitrogen and oxygen atoms in total. The second-order valence-electron chi connectivity index (χ2n) is 8.04. The minimum absolute atomic E-state index is 0.0640. The molecule has 7 heteroatoms. The van der Waals surface area contributed by atoms with Gasteiger partial charge < -0.3 is 29.2 Å². The summed E-state index contributed by atoms with van der Waals surface area (Å²) in [4.78, 5) is 18.4. The number of fused-ring (bicyclic) bond motifs is 1. The highest BCUT2D eigenvalue weighted by molar-refractivity contribution is 6.01. The minimum atomic E-state index is -0.656. The van der Waals surface area contributed by atoms with Gasteiger partial charge in [-0.15, -0.1) is 0 Å². The molecule has 2 N–H and O–H groups in total. The van der Waals surface area contributed by atoms with Crippen molar-refractivity contribution in [2.45, 2.75) is 38.9 Å². The number of likely N-dealkylation sites (tertiary alicyclic amines) is 1. The molecule has 2 aromatic carbocycles. The summed E-state index contributed by atoms with van der Waals surface area (Å²) in [5, 5.41) is 11.6. The number of H-pyrrole nitrogens is 1. The van der Waals surface area contributed by atoms with E-state index in [0.29, 0.717) is 49.7 Å².